The minimum Gasteiger partial charge on any atom is -0.348 e. The van der Waals surface area contributed by atoms with Crippen molar-refractivity contribution < 1.29 is 14.4 Å². The van der Waals surface area contributed by atoms with E-state index in [2.05, 4.69) is 10.6 Å². The van der Waals surface area contributed by atoms with E-state index < -0.39 is 5.92 Å². The maximum Gasteiger partial charge on any atom is 0.235 e. The molecular formula is C12H12N2O3. The molecule has 0 radical (unpaired) electrons. The summed E-state index contributed by atoms with van der Waals surface area (Å²) in [7, 11) is 0. The summed E-state index contributed by atoms with van der Waals surface area (Å²) < 4.78 is 0. The molecule has 1 aliphatic heterocycles. The van der Waals surface area contributed by atoms with Crippen LogP contribution in [0.4, 0.5) is 5.69 Å². The first-order valence-corrected chi connectivity index (χ1v) is 5.26. The van der Waals surface area contributed by atoms with Crippen LogP contribution >= 0.6 is 0 Å². The zero-order chi connectivity index (χ0) is 12.4. The van der Waals surface area contributed by atoms with Crippen LogP contribution in [0.5, 0.6) is 0 Å². The molecule has 5 nitrogen and oxygen atoms in total. The molecule has 2 rings (SSSR count). The van der Waals surface area contributed by atoms with Crippen LogP contribution in [0.3, 0.4) is 0 Å². The van der Waals surface area contributed by atoms with Crippen molar-refractivity contribution in [3.05, 3.63) is 29.8 Å². The van der Waals surface area contributed by atoms with Crippen molar-refractivity contribution >= 4 is 23.3 Å². The first-order chi connectivity index (χ1) is 8.08. The monoisotopic (exact) mass is 232 g/mol. The largest absolute Gasteiger partial charge is 0.348 e. The second-order valence-electron chi connectivity index (χ2n) is 3.92. The van der Waals surface area contributed by atoms with Crippen molar-refractivity contribution in [3.8, 4) is 0 Å². The van der Waals surface area contributed by atoms with Gasteiger partial charge in [-0.25, -0.2) is 0 Å². The van der Waals surface area contributed by atoms with Gasteiger partial charge in [0.2, 0.25) is 11.8 Å². The predicted octanol–water partition coefficient (Wildman–Crippen LogP) is 0.427. The minimum absolute atomic E-state index is 0.0942. The van der Waals surface area contributed by atoms with Gasteiger partial charge in [0, 0.05) is 12.6 Å². The van der Waals surface area contributed by atoms with Crippen LogP contribution in [0.1, 0.15) is 18.4 Å². The summed E-state index contributed by atoms with van der Waals surface area (Å²) in [5, 5.41) is 5.13. The quantitative estimate of drug-likeness (QED) is 0.726. The summed E-state index contributed by atoms with van der Waals surface area (Å²) in [5.41, 5.74) is 1.30. The van der Waals surface area contributed by atoms with Crippen LogP contribution in [0.25, 0.3) is 0 Å². The average molecular weight is 232 g/mol. The van der Waals surface area contributed by atoms with E-state index in [0.29, 0.717) is 11.3 Å². The van der Waals surface area contributed by atoms with E-state index in [9.17, 15) is 14.4 Å². The number of hydrogen-bond donors (Lipinski definition) is 2. The summed E-state index contributed by atoms with van der Waals surface area (Å²) in [6.45, 7) is 1.51. The van der Waals surface area contributed by atoms with Gasteiger partial charge in [-0.2, -0.15) is 0 Å². The molecule has 1 heterocycles. The van der Waals surface area contributed by atoms with Gasteiger partial charge in [-0.15, -0.1) is 0 Å². The molecule has 88 valence electrons. The Labute approximate surface area is 98.2 Å². The highest BCUT2D eigenvalue weighted by Gasteiger charge is 2.33. The summed E-state index contributed by atoms with van der Waals surface area (Å²) in [5.74, 6) is -1.25. The molecule has 0 aliphatic carbocycles. The standard InChI is InChI=1S/C12H12N2O3/c1-7(15)14-9-4-2-8(3-5-9)11-10(16)6-13-12(11)17/h2-5,11H,6H2,1H3,(H,13,17)(H,14,15). The Hall–Kier alpha value is -2.17. The molecule has 1 atom stereocenters. The van der Waals surface area contributed by atoms with E-state index in [0.717, 1.165) is 0 Å². The molecule has 0 saturated carbocycles. The number of Topliss-reactive ketones (excluding diaryl/α,β-unsaturated/α-hetero) is 1. The summed E-state index contributed by atoms with van der Waals surface area (Å²) in [6, 6.07) is 6.71. The van der Waals surface area contributed by atoms with Crippen LogP contribution < -0.4 is 10.6 Å². The number of carbonyl (C=O) groups is 3. The second-order valence-corrected chi connectivity index (χ2v) is 3.92. The fraction of sp³-hybridized carbons (Fsp3) is 0.250. The average Bonchev–Trinajstić information content (AvgIpc) is 2.59. The van der Waals surface area contributed by atoms with E-state index in [4.69, 9.17) is 0 Å². The number of rotatable bonds is 2. The Morgan fingerprint density at radius 1 is 1.29 bits per heavy atom. The van der Waals surface area contributed by atoms with Gasteiger partial charge in [-0.1, -0.05) is 12.1 Å². The van der Waals surface area contributed by atoms with Gasteiger partial charge < -0.3 is 10.6 Å². The molecule has 1 saturated heterocycles. The Bertz CT molecular complexity index is 463. The molecular weight excluding hydrogens is 220 g/mol. The molecule has 1 fully saturated rings. The third-order valence-corrected chi connectivity index (χ3v) is 2.59. The maximum absolute atomic E-state index is 11.5. The lowest BCUT2D eigenvalue weighted by Crippen LogP contribution is -2.18. The molecule has 0 spiro atoms. The van der Waals surface area contributed by atoms with Gasteiger partial charge in [0.15, 0.2) is 5.78 Å². The fourth-order valence-electron chi connectivity index (χ4n) is 1.82. The molecule has 0 bridgehead atoms. The van der Waals surface area contributed by atoms with E-state index in [1.807, 2.05) is 0 Å². The van der Waals surface area contributed by atoms with E-state index >= 15 is 0 Å². The highest BCUT2D eigenvalue weighted by molar-refractivity contribution is 6.13. The summed E-state index contributed by atoms with van der Waals surface area (Å²) >= 11 is 0. The molecule has 1 aromatic rings. The molecule has 1 aliphatic rings. The summed E-state index contributed by atoms with van der Waals surface area (Å²) in [6.07, 6.45) is 0. The van der Waals surface area contributed by atoms with Crippen molar-refractivity contribution in [3.63, 3.8) is 0 Å². The number of amides is 2. The molecule has 1 unspecified atom stereocenters. The number of nitrogens with one attached hydrogen (secondary N) is 2. The van der Waals surface area contributed by atoms with Crippen molar-refractivity contribution in [2.45, 2.75) is 12.8 Å². The number of carbonyl (C=O) groups excluding carboxylic acids is 3. The van der Waals surface area contributed by atoms with Crippen LogP contribution in [0, 0.1) is 0 Å². The lowest BCUT2D eigenvalue weighted by molar-refractivity contribution is -0.124. The molecule has 2 amide bonds. The lowest BCUT2D eigenvalue weighted by atomic mass is 9.96. The maximum atomic E-state index is 11.5. The normalized spacial score (nSPS) is 19.0. The van der Waals surface area contributed by atoms with Gasteiger partial charge >= 0.3 is 0 Å². The molecule has 1 aromatic carbocycles. The van der Waals surface area contributed by atoms with Gasteiger partial charge in [0.25, 0.3) is 0 Å². The van der Waals surface area contributed by atoms with Crippen molar-refractivity contribution in [1.29, 1.82) is 0 Å². The third-order valence-electron chi connectivity index (χ3n) is 2.59. The lowest BCUT2D eigenvalue weighted by Gasteiger charge is -2.07. The smallest absolute Gasteiger partial charge is 0.235 e. The van der Waals surface area contributed by atoms with Gasteiger partial charge in [0.1, 0.15) is 5.92 Å². The first-order valence-electron chi connectivity index (χ1n) is 5.26. The first kappa shape index (κ1) is 11.3. The number of hydrogen-bond acceptors (Lipinski definition) is 3. The van der Waals surface area contributed by atoms with Crippen LogP contribution in [-0.2, 0) is 14.4 Å². The Balaban J connectivity index is 2.20. The van der Waals surface area contributed by atoms with Crippen LogP contribution in [0.15, 0.2) is 24.3 Å². The molecule has 2 N–H and O–H groups in total. The van der Waals surface area contributed by atoms with Gasteiger partial charge in [0.05, 0.1) is 6.54 Å². The third kappa shape index (κ3) is 2.33. The summed E-state index contributed by atoms with van der Waals surface area (Å²) in [4.78, 5) is 33.8. The molecule has 0 aromatic heterocycles. The fourth-order valence-corrected chi connectivity index (χ4v) is 1.82. The van der Waals surface area contributed by atoms with E-state index in [1.54, 1.807) is 24.3 Å². The van der Waals surface area contributed by atoms with Gasteiger partial charge in [-0.05, 0) is 17.7 Å². The van der Waals surface area contributed by atoms with Crippen molar-refractivity contribution in [2.24, 2.45) is 0 Å². The van der Waals surface area contributed by atoms with Crippen molar-refractivity contribution in [2.75, 3.05) is 11.9 Å². The molecule has 5 heteroatoms. The predicted molar refractivity (Wildman–Crippen MR) is 61.5 cm³/mol. The topological polar surface area (TPSA) is 75.3 Å². The SMILES string of the molecule is CC(=O)Nc1ccc(C2C(=O)CNC2=O)cc1. The Morgan fingerprint density at radius 2 is 1.94 bits per heavy atom. The minimum atomic E-state index is -0.707. The Kier molecular flexibility index (Phi) is 2.91. The number of benzene rings is 1. The highest BCUT2D eigenvalue weighted by atomic mass is 16.2. The Morgan fingerprint density at radius 3 is 2.41 bits per heavy atom. The van der Waals surface area contributed by atoms with E-state index in [1.165, 1.54) is 6.92 Å². The van der Waals surface area contributed by atoms with Crippen LogP contribution in [-0.4, -0.2) is 24.1 Å². The van der Waals surface area contributed by atoms with E-state index in [-0.39, 0.29) is 24.1 Å². The number of ketones is 1. The zero-order valence-electron chi connectivity index (χ0n) is 9.32. The van der Waals surface area contributed by atoms with Gasteiger partial charge in [-0.3, -0.25) is 14.4 Å². The highest BCUT2D eigenvalue weighted by Crippen LogP contribution is 2.22. The zero-order valence-corrected chi connectivity index (χ0v) is 9.32. The number of anilines is 1. The molecule has 17 heavy (non-hydrogen) atoms. The van der Waals surface area contributed by atoms with Crippen molar-refractivity contribution in [1.82, 2.24) is 5.32 Å². The second kappa shape index (κ2) is 4.37. The van der Waals surface area contributed by atoms with Crippen LogP contribution in [0.2, 0.25) is 0 Å².